The Hall–Kier alpha value is -0.130. The van der Waals surface area contributed by atoms with E-state index in [9.17, 15) is 9.90 Å². The van der Waals surface area contributed by atoms with Gasteiger partial charge < -0.3 is 14.6 Å². The molecule has 0 heterocycles. The van der Waals surface area contributed by atoms with Gasteiger partial charge in [-0.2, -0.15) is 0 Å². The highest BCUT2D eigenvalue weighted by molar-refractivity contribution is 9.09. The van der Waals surface area contributed by atoms with Crippen LogP contribution in [-0.4, -0.2) is 36.9 Å². The number of carbonyl (C=O) groups excluding carboxylic acids is 1. The molecular formula is C9H17BrO4. The molecule has 0 aliphatic rings. The Morgan fingerprint density at radius 3 is 2.50 bits per heavy atom. The van der Waals surface area contributed by atoms with Gasteiger partial charge in [-0.1, -0.05) is 15.9 Å². The molecule has 1 N–H and O–H groups in total. The van der Waals surface area contributed by atoms with Crippen LogP contribution in [0.1, 0.15) is 19.8 Å². The highest BCUT2D eigenvalue weighted by Gasteiger charge is 2.41. The summed E-state index contributed by atoms with van der Waals surface area (Å²) in [6.07, 6.45) is 0.153. The molecule has 2 unspecified atom stereocenters. The molecule has 0 aromatic heterocycles. The number of carbonyl (C=O) groups is 1. The van der Waals surface area contributed by atoms with Crippen LogP contribution in [0.25, 0.3) is 0 Å². The lowest BCUT2D eigenvalue weighted by Crippen LogP contribution is -2.42. The minimum Gasteiger partial charge on any atom is -0.468 e. The lowest BCUT2D eigenvalue weighted by atomic mass is 9.85. The highest BCUT2D eigenvalue weighted by atomic mass is 79.9. The Bertz CT molecular complexity index is 186. The minimum absolute atomic E-state index is 0.451. The molecule has 0 rings (SSSR count). The summed E-state index contributed by atoms with van der Waals surface area (Å²) in [6, 6.07) is 0. The second-order valence-electron chi connectivity index (χ2n) is 3.29. The molecule has 2 atom stereocenters. The fraction of sp³-hybridized carbons (Fsp3) is 0.889. The Morgan fingerprint density at radius 1 is 1.57 bits per heavy atom. The zero-order valence-corrected chi connectivity index (χ0v) is 10.3. The van der Waals surface area contributed by atoms with Crippen molar-refractivity contribution in [2.45, 2.75) is 26.1 Å². The van der Waals surface area contributed by atoms with E-state index in [0.29, 0.717) is 6.42 Å². The molecular weight excluding hydrogens is 252 g/mol. The van der Waals surface area contributed by atoms with E-state index in [1.54, 1.807) is 6.92 Å². The van der Waals surface area contributed by atoms with E-state index in [-0.39, 0.29) is 0 Å². The fourth-order valence-electron chi connectivity index (χ4n) is 1.25. The summed E-state index contributed by atoms with van der Waals surface area (Å²) in [7, 11) is 2.66. The zero-order valence-electron chi connectivity index (χ0n) is 8.75. The Balaban J connectivity index is 4.56. The van der Waals surface area contributed by atoms with E-state index in [1.807, 2.05) is 0 Å². The SMILES string of the molecule is COC(=O)C(C)(CCCBr)C(O)OC. The third-order valence-electron chi connectivity index (χ3n) is 2.25. The quantitative estimate of drug-likeness (QED) is 0.448. The van der Waals surface area contributed by atoms with E-state index in [4.69, 9.17) is 4.74 Å². The van der Waals surface area contributed by atoms with E-state index >= 15 is 0 Å². The van der Waals surface area contributed by atoms with Crippen molar-refractivity contribution in [3.05, 3.63) is 0 Å². The lowest BCUT2D eigenvalue weighted by molar-refractivity contribution is -0.190. The predicted octanol–water partition coefficient (Wildman–Crippen LogP) is 1.31. The summed E-state index contributed by atoms with van der Waals surface area (Å²) >= 11 is 3.27. The van der Waals surface area contributed by atoms with Gasteiger partial charge in [0, 0.05) is 12.4 Å². The van der Waals surface area contributed by atoms with Crippen molar-refractivity contribution in [1.82, 2.24) is 0 Å². The Morgan fingerprint density at radius 2 is 2.14 bits per heavy atom. The smallest absolute Gasteiger partial charge is 0.316 e. The number of alkyl halides is 1. The van der Waals surface area contributed by atoms with Crippen molar-refractivity contribution in [2.75, 3.05) is 19.5 Å². The van der Waals surface area contributed by atoms with Gasteiger partial charge in [-0.3, -0.25) is 4.79 Å². The highest BCUT2D eigenvalue weighted by Crippen LogP contribution is 2.30. The molecule has 4 nitrogen and oxygen atoms in total. The summed E-state index contributed by atoms with van der Waals surface area (Å²) in [4.78, 5) is 11.5. The third kappa shape index (κ3) is 3.22. The van der Waals surface area contributed by atoms with Crippen molar-refractivity contribution < 1.29 is 19.4 Å². The number of hydrogen-bond donors (Lipinski definition) is 1. The van der Waals surface area contributed by atoms with Gasteiger partial charge in [-0.25, -0.2) is 0 Å². The van der Waals surface area contributed by atoms with Crippen LogP contribution in [0, 0.1) is 5.41 Å². The maximum Gasteiger partial charge on any atom is 0.316 e. The van der Waals surface area contributed by atoms with Crippen LogP contribution in [0.5, 0.6) is 0 Å². The molecule has 5 heteroatoms. The van der Waals surface area contributed by atoms with Crippen LogP contribution < -0.4 is 0 Å². The van der Waals surface area contributed by atoms with E-state index in [2.05, 4.69) is 20.7 Å². The van der Waals surface area contributed by atoms with Crippen molar-refractivity contribution in [3.8, 4) is 0 Å². The first-order valence-electron chi connectivity index (χ1n) is 4.38. The number of aliphatic hydroxyl groups excluding tert-OH is 1. The molecule has 0 fully saturated rings. The number of aliphatic hydroxyl groups is 1. The van der Waals surface area contributed by atoms with Crippen molar-refractivity contribution in [2.24, 2.45) is 5.41 Å². The number of rotatable bonds is 6. The molecule has 0 amide bonds. The molecule has 0 aliphatic carbocycles. The van der Waals surface area contributed by atoms with Crippen molar-refractivity contribution in [3.63, 3.8) is 0 Å². The van der Waals surface area contributed by atoms with Gasteiger partial charge in [0.2, 0.25) is 0 Å². The Labute approximate surface area is 92.7 Å². The van der Waals surface area contributed by atoms with Gasteiger partial charge in [0.1, 0.15) is 5.41 Å². The maximum absolute atomic E-state index is 11.5. The molecule has 0 radical (unpaired) electrons. The lowest BCUT2D eigenvalue weighted by Gasteiger charge is -2.30. The zero-order chi connectivity index (χ0) is 11.2. The summed E-state index contributed by atoms with van der Waals surface area (Å²) in [5.41, 5.74) is -0.989. The molecule has 0 aliphatic heterocycles. The number of halogens is 1. The summed E-state index contributed by atoms with van der Waals surface area (Å²) in [5.74, 6) is -0.451. The van der Waals surface area contributed by atoms with E-state index in [1.165, 1.54) is 14.2 Å². The maximum atomic E-state index is 11.5. The first kappa shape index (κ1) is 13.9. The third-order valence-corrected chi connectivity index (χ3v) is 2.81. The normalized spacial score (nSPS) is 17.2. The summed E-state index contributed by atoms with van der Waals surface area (Å²) in [5, 5.41) is 10.3. The number of ether oxygens (including phenoxy) is 2. The van der Waals surface area contributed by atoms with Gasteiger partial charge in [-0.05, 0) is 19.8 Å². The standard InChI is InChI=1S/C9H17BrO4/c1-9(5-4-6-10,7(11)13-2)8(12)14-3/h7,11H,4-6H2,1-3H3. The number of esters is 1. The summed E-state index contributed by atoms with van der Waals surface area (Å²) < 4.78 is 9.42. The van der Waals surface area contributed by atoms with Gasteiger partial charge in [0.05, 0.1) is 7.11 Å². The molecule has 0 saturated carbocycles. The average Bonchev–Trinajstić information content (AvgIpc) is 2.23. The summed E-state index contributed by atoms with van der Waals surface area (Å²) in [6.45, 7) is 1.63. The molecule has 0 aromatic carbocycles. The van der Waals surface area contributed by atoms with Crippen LogP contribution in [0.3, 0.4) is 0 Å². The minimum atomic E-state index is -1.13. The largest absolute Gasteiger partial charge is 0.468 e. The van der Waals surface area contributed by atoms with Gasteiger partial charge >= 0.3 is 5.97 Å². The molecule has 0 saturated heterocycles. The van der Waals surface area contributed by atoms with Crippen molar-refractivity contribution >= 4 is 21.9 Å². The molecule has 0 spiro atoms. The number of methoxy groups -OCH3 is 2. The second-order valence-corrected chi connectivity index (χ2v) is 4.08. The average molecular weight is 269 g/mol. The number of hydrogen-bond acceptors (Lipinski definition) is 4. The van der Waals surface area contributed by atoms with Crippen molar-refractivity contribution in [1.29, 1.82) is 0 Å². The predicted molar refractivity (Wildman–Crippen MR) is 56.2 cm³/mol. The second kappa shape index (κ2) is 6.37. The fourth-order valence-corrected chi connectivity index (χ4v) is 1.53. The van der Waals surface area contributed by atoms with Gasteiger partial charge in [0.25, 0.3) is 0 Å². The van der Waals surface area contributed by atoms with Gasteiger partial charge in [0.15, 0.2) is 6.29 Å². The van der Waals surface area contributed by atoms with Crippen LogP contribution in [0.15, 0.2) is 0 Å². The first-order valence-corrected chi connectivity index (χ1v) is 5.50. The molecule has 14 heavy (non-hydrogen) atoms. The van der Waals surface area contributed by atoms with Crippen LogP contribution in [0.2, 0.25) is 0 Å². The molecule has 0 aromatic rings. The topological polar surface area (TPSA) is 55.8 Å². The van der Waals surface area contributed by atoms with Crippen LogP contribution >= 0.6 is 15.9 Å². The van der Waals surface area contributed by atoms with E-state index in [0.717, 1.165) is 11.8 Å². The van der Waals surface area contributed by atoms with Crippen LogP contribution in [-0.2, 0) is 14.3 Å². The Kier molecular flexibility index (Phi) is 6.31. The van der Waals surface area contributed by atoms with Gasteiger partial charge in [-0.15, -0.1) is 0 Å². The van der Waals surface area contributed by atoms with Crippen LogP contribution in [0.4, 0.5) is 0 Å². The van der Waals surface area contributed by atoms with E-state index < -0.39 is 17.7 Å². The molecule has 0 bridgehead atoms. The first-order chi connectivity index (χ1) is 6.52. The molecule has 84 valence electrons. The monoisotopic (exact) mass is 268 g/mol.